The Morgan fingerprint density at radius 1 is 1.20 bits per heavy atom. The van der Waals surface area contributed by atoms with Gasteiger partial charge < -0.3 is 10.5 Å². The van der Waals surface area contributed by atoms with Gasteiger partial charge in [-0.15, -0.1) is 5.10 Å². The molecule has 1 aliphatic rings. The Balaban J connectivity index is 2.22. The molecule has 110 valence electrons. The fourth-order valence-corrected chi connectivity index (χ4v) is 2.75. The molecule has 0 amide bonds. The van der Waals surface area contributed by atoms with Crippen LogP contribution < -0.4 is 10.5 Å². The lowest BCUT2D eigenvalue weighted by molar-refractivity contribution is 0.0951. The van der Waals surface area contributed by atoms with E-state index < -0.39 is 0 Å². The fourth-order valence-electron chi connectivity index (χ4n) is 2.75. The Morgan fingerprint density at radius 3 is 2.50 bits per heavy atom. The van der Waals surface area contributed by atoms with Gasteiger partial charge in [0.2, 0.25) is 5.88 Å². The number of aryl methyl sites for hydroxylation is 1. The molecule has 1 aromatic heterocycles. The predicted molar refractivity (Wildman–Crippen MR) is 79.1 cm³/mol. The average molecular weight is 276 g/mol. The molecule has 3 atom stereocenters. The number of ether oxygens (including phenoxy) is 1. The Morgan fingerprint density at radius 2 is 1.90 bits per heavy atom. The summed E-state index contributed by atoms with van der Waals surface area (Å²) in [6.45, 7) is 8.32. The zero-order valence-electron chi connectivity index (χ0n) is 12.7. The molecule has 0 aliphatic heterocycles. The Hall–Kier alpha value is -1.65. The summed E-state index contributed by atoms with van der Waals surface area (Å²) in [5, 5.41) is 15.9. The molecule has 1 aliphatic carbocycles. The molecule has 0 spiro atoms. The maximum Gasteiger partial charge on any atom is 0.245 e. The van der Waals surface area contributed by atoms with E-state index in [9.17, 15) is 0 Å². The molecule has 1 fully saturated rings. The number of aromatic nitrogens is 2. The highest BCUT2D eigenvalue weighted by Crippen LogP contribution is 2.32. The van der Waals surface area contributed by atoms with Crippen LogP contribution in [-0.4, -0.2) is 22.1 Å². The number of nitrogen functional groups attached to an aromatic ring is 1. The molecule has 2 rings (SSSR count). The first-order chi connectivity index (χ1) is 9.40. The lowest BCUT2D eigenvalue weighted by Gasteiger charge is -2.32. The van der Waals surface area contributed by atoms with Crippen molar-refractivity contribution in [3.8, 4) is 5.88 Å². The maximum atomic E-state index is 7.73. The van der Waals surface area contributed by atoms with Gasteiger partial charge in [-0.25, -0.2) is 0 Å². The van der Waals surface area contributed by atoms with Gasteiger partial charge >= 0.3 is 0 Å². The third-order valence-corrected chi connectivity index (χ3v) is 4.52. The van der Waals surface area contributed by atoms with Gasteiger partial charge in [-0.3, -0.25) is 5.41 Å². The van der Waals surface area contributed by atoms with Crippen LogP contribution in [0.5, 0.6) is 5.88 Å². The highest BCUT2D eigenvalue weighted by atomic mass is 16.5. The van der Waals surface area contributed by atoms with Crippen LogP contribution in [0.1, 0.15) is 49.9 Å². The predicted octanol–water partition coefficient (Wildman–Crippen LogP) is 2.58. The van der Waals surface area contributed by atoms with Crippen molar-refractivity contribution >= 4 is 5.84 Å². The van der Waals surface area contributed by atoms with Crippen LogP contribution in [0.3, 0.4) is 0 Å². The van der Waals surface area contributed by atoms with E-state index in [0.717, 1.165) is 30.0 Å². The summed E-state index contributed by atoms with van der Waals surface area (Å²) in [7, 11) is 0. The lowest BCUT2D eigenvalue weighted by atomic mass is 9.80. The number of nitrogens with two attached hydrogens (primary N) is 1. The van der Waals surface area contributed by atoms with Crippen molar-refractivity contribution in [2.45, 2.75) is 53.1 Å². The third-order valence-electron chi connectivity index (χ3n) is 4.52. The van der Waals surface area contributed by atoms with Gasteiger partial charge in [0, 0.05) is 0 Å². The van der Waals surface area contributed by atoms with Crippen molar-refractivity contribution in [1.29, 1.82) is 5.41 Å². The van der Waals surface area contributed by atoms with E-state index in [4.69, 9.17) is 15.9 Å². The normalized spacial score (nSPS) is 26.3. The van der Waals surface area contributed by atoms with E-state index in [1.54, 1.807) is 0 Å². The fraction of sp³-hybridized carbons (Fsp3) is 0.667. The van der Waals surface area contributed by atoms with E-state index in [0.29, 0.717) is 17.4 Å². The summed E-state index contributed by atoms with van der Waals surface area (Å²) >= 11 is 0. The van der Waals surface area contributed by atoms with Crippen LogP contribution in [0, 0.1) is 31.1 Å². The summed E-state index contributed by atoms with van der Waals surface area (Å²) in [6.07, 6.45) is 3.36. The van der Waals surface area contributed by atoms with E-state index >= 15 is 0 Å². The molecular formula is C15H24N4O. The van der Waals surface area contributed by atoms with Crippen LogP contribution in [0.25, 0.3) is 0 Å². The number of hydrogen-bond donors (Lipinski definition) is 2. The van der Waals surface area contributed by atoms with Gasteiger partial charge in [-0.1, -0.05) is 13.8 Å². The molecule has 1 heterocycles. The van der Waals surface area contributed by atoms with Gasteiger partial charge in [0.15, 0.2) is 0 Å². The van der Waals surface area contributed by atoms with Crippen molar-refractivity contribution in [1.82, 2.24) is 10.2 Å². The average Bonchev–Trinajstić information content (AvgIpc) is 2.38. The van der Waals surface area contributed by atoms with Crippen molar-refractivity contribution in [2.24, 2.45) is 17.6 Å². The molecule has 5 nitrogen and oxygen atoms in total. The molecule has 0 saturated heterocycles. The van der Waals surface area contributed by atoms with E-state index in [2.05, 4.69) is 24.0 Å². The standard InChI is InChI=1S/C15H24N4O/c1-8-5-6-12(7-9(8)2)20-15-13(14(16)17)10(3)11(4)18-19-15/h8-9,12H,5-7H2,1-4H3,(H3,16,17). The number of nitrogens with zero attached hydrogens (tertiary/aromatic N) is 2. The molecule has 5 heteroatoms. The van der Waals surface area contributed by atoms with Gasteiger partial charge in [0.05, 0.1) is 11.3 Å². The van der Waals surface area contributed by atoms with Crippen molar-refractivity contribution < 1.29 is 4.74 Å². The first-order valence-electron chi connectivity index (χ1n) is 7.25. The van der Waals surface area contributed by atoms with Crippen LogP contribution in [0.2, 0.25) is 0 Å². The molecule has 3 unspecified atom stereocenters. The molecule has 0 aromatic carbocycles. The topological polar surface area (TPSA) is 84.9 Å². The summed E-state index contributed by atoms with van der Waals surface area (Å²) < 4.78 is 6.01. The van der Waals surface area contributed by atoms with Gasteiger partial charge in [0.25, 0.3) is 0 Å². The van der Waals surface area contributed by atoms with E-state index in [1.165, 1.54) is 6.42 Å². The minimum Gasteiger partial charge on any atom is -0.473 e. The Bertz CT molecular complexity index is 515. The van der Waals surface area contributed by atoms with Gasteiger partial charge in [-0.2, -0.15) is 5.10 Å². The molecule has 1 aromatic rings. The number of rotatable bonds is 3. The zero-order valence-corrected chi connectivity index (χ0v) is 12.7. The summed E-state index contributed by atoms with van der Waals surface area (Å²) in [6, 6.07) is 0. The highest BCUT2D eigenvalue weighted by Gasteiger charge is 2.27. The van der Waals surface area contributed by atoms with Crippen LogP contribution in [0.15, 0.2) is 0 Å². The first-order valence-corrected chi connectivity index (χ1v) is 7.25. The van der Waals surface area contributed by atoms with Crippen molar-refractivity contribution in [3.63, 3.8) is 0 Å². The van der Waals surface area contributed by atoms with Crippen LogP contribution in [0.4, 0.5) is 0 Å². The Labute approximate surface area is 120 Å². The Kier molecular flexibility index (Phi) is 4.26. The third kappa shape index (κ3) is 2.92. The van der Waals surface area contributed by atoms with Gasteiger partial charge in [0.1, 0.15) is 11.9 Å². The second-order valence-corrected chi connectivity index (χ2v) is 6.01. The van der Waals surface area contributed by atoms with E-state index in [1.807, 2.05) is 13.8 Å². The number of hydrogen-bond acceptors (Lipinski definition) is 4. The second-order valence-electron chi connectivity index (χ2n) is 6.01. The molecule has 3 N–H and O–H groups in total. The summed E-state index contributed by atoms with van der Waals surface area (Å²) in [5.74, 6) is 1.79. The minimum absolute atomic E-state index is 0.00674. The largest absolute Gasteiger partial charge is 0.473 e. The van der Waals surface area contributed by atoms with Crippen LogP contribution >= 0.6 is 0 Å². The smallest absolute Gasteiger partial charge is 0.245 e. The molecular weight excluding hydrogens is 252 g/mol. The number of nitrogens with one attached hydrogen (secondary N) is 1. The van der Waals surface area contributed by atoms with E-state index in [-0.39, 0.29) is 11.9 Å². The number of amidine groups is 1. The summed E-state index contributed by atoms with van der Waals surface area (Å²) in [4.78, 5) is 0. The first kappa shape index (κ1) is 14.8. The summed E-state index contributed by atoms with van der Waals surface area (Å²) in [5.41, 5.74) is 7.92. The molecule has 0 bridgehead atoms. The van der Waals surface area contributed by atoms with Crippen molar-refractivity contribution in [3.05, 3.63) is 16.8 Å². The van der Waals surface area contributed by atoms with Crippen molar-refractivity contribution in [2.75, 3.05) is 0 Å². The minimum atomic E-state index is -0.00674. The molecule has 1 saturated carbocycles. The quantitative estimate of drug-likeness (QED) is 0.656. The second kappa shape index (κ2) is 5.77. The lowest BCUT2D eigenvalue weighted by Crippen LogP contribution is -2.30. The zero-order chi connectivity index (χ0) is 14.9. The molecule has 20 heavy (non-hydrogen) atoms. The van der Waals surface area contributed by atoms with Gasteiger partial charge in [-0.05, 0) is 50.5 Å². The maximum absolute atomic E-state index is 7.73. The monoisotopic (exact) mass is 276 g/mol. The SMILES string of the molecule is Cc1nnc(OC2CCC(C)C(C)C2)c(C(=N)N)c1C. The highest BCUT2D eigenvalue weighted by molar-refractivity contribution is 5.98. The van der Waals surface area contributed by atoms with Crippen LogP contribution in [-0.2, 0) is 0 Å². The molecule has 0 radical (unpaired) electrons.